The highest BCUT2D eigenvalue weighted by atomic mass is 32.1. The topological polar surface area (TPSA) is 39.7 Å². The minimum Gasteiger partial charge on any atom is -0.345 e. The Morgan fingerprint density at radius 3 is 2.50 bits per heavy atom. The fraction of sp³-hybridized carbons (Fsp3) is 0.545. The number of hydrogen-bond donors (Lipinski definition) is 0. The summed E-state index contributed by atoms with van der Waals surface area (Å²) in [4.78, 5) is 24.3. The second-order valence-corrected chi connectivity index (χ2v) is 8.95. The van der Waals surface area contributed by atoms with E-state index in [-0.39, 0.29) is 5.91 Å². The molecule has 28 heavy (non-hydrogen) atoms. The van der Waals surface area contributed by atoms with Gasteiger partial charge in [-0.1, -0.05) is 37.3 Å². The molecule has 0 bridgehead atoms. The molecule has 2 fully saturated rings. The van der Waals surface area contributed by atoms with Crippen molar-refractivity contribution in [1.82, 2.24) is 14.8 Å². The Balaban J connectivity index is 1.26. The molecular weight excluding hydrogens is 368 g/mol. The number of likely N-dealkylation sites (tertiary alicyclic amines) is 1. The summed E-state index contributed by atoms with van der Waals surface area (Å²) in [6, 6.07) is 10.0. The molecule has 3 heterocycles. The van der Waals surface area contributed by atoms with Crippen LogP contribution >= 0.6 is 11.3 Å². The molecule has 6 heteroatoms. The van der Waals surface area contributed by atoms with E-state index in [2.05, 4.69) is 22.1 Å². The van der Waals surface area contributed by atoms with Gasteiger partial charge in [0.2, 0.25) is 5.91 Å². The van der Waals surface area contributed by atoms with Crippen molar-refractivity contribution < 1.29 is 4.79 Å². The Hall–Kier alpha value is -1.92. The van der Waals surface area contributed by atoms with Crippen LogP contribution in [0.4, 0.5) is 5.13 Å². The number of nitrogens with zero attached hydrogens (tertiary/aromatic N) is 4. The lowest BCUT2D eigenvalue weighted by atomic mass is 9.99. The maximum absolute atomic E-state index is 12.5. The molecular formula is C22H30N4OS. The number of hydrogen-bond acceptors (Lipinski definition) is 5. The van der Waals surface area contributed by atoms with Gasteiger partial charge >= 0.3 is 0 Å². The van der Waals surface area contributed by atoms with Crippen molar-refractivity contribution in [2.45, 2.75) is 32.7 Å². The summed E-state index contributed by atoms with van der Waals surface area (Å²) in [6.45, 7) is 9.01. The summed E-state index contributed by atoms with van der Waals surface area (Å²) >= 11 is 1.74. The maximum atomic E-state index is 12.5. The monoisotopic (exact) mass is 398 g/mol. The van der Waals surface area contributed by atoms with Crippen LogP contribution in [0.25, 0.3) is 0 Å². The molecule has 0 atom stereocenters. The number of anilines is 1. The molecule has 1 aromatic carbocycles. The maximum Gasteiger partial charge on any atom is 0.227 e. The lowest BCUT2D eigenvalue weighted by Crippen LogP contribution is -2.49. The molecule has 0 spiro atoms. The third-order valence-corrected chi connectivity index (χ3v) is 6.85. The molecule has 150 valence electrons. The predicted molar refractivity (Wildman–Crippen MR) is 115 cm³/mol. The summed E-state index contributed by atoms with van der Waals surface area (Å²) in [7, 11) is 0. The smallest absolute Gasteiger partial charge is 0.227 e. The number of thiazole rings is 1. The molecule has 2 saturated heterocycles. The van der Waals surface area contributed by atoms with Gasteiger partial charge in [-0.2, -0.15) is 0 Å². The second kappa shape index (κ2) is 9.05. The second-order valence-electron chi connectivity index (χ2n) is 8.11. The van der Waals surface area contributed by atoms with Crippen molar-refractivity contribution in [3.8, 4) is 0 Å². The lowest BCUT2D eigenvalue weighted by Gasteiger charge is -2.34. The number of carbonyl (C=O) groups is 1. The Labute approximate surface area is 172 Å². The van der Waals surface area contributed by atoms with E-state index >= 15 is 0 Å². The van der Waals surface area contributed by atoms with Gasteiger partial charge in [-0.3, -0.25) is 9.69 Å². The largest absolute Gasteiger partial charge is 0.345 e. The summed E-state index contributed by atoms with van der Waals surface area (Å²) in [5.74, 6) is 1.09. The van der Waals surface area contributed by atoms with Crippen LogP contribution in [-0.4, -0.2) is 60.0 Å². The van der Waals surface area contributed by atoms with E-state index in [0.717, 1.165) is 49.3 Å². The highest BCUT2D eigenvalue weighted by Crippen LogP contribution is 2.24. The fourth-order valence-electron chi connectivity index (χ4n) is 3.99. The van der Waals surface area contributed by atoms with Crippen LogP contribution in [0.2, 0.25) is 0 Å². The molecule has 2 aliphatic rings. The first-order valence-electron chi connectivity index (χ1n) is 10.4. The first-order chi connectivity index (χ1) is 13.7. The molecule has 5 nitrogen and oxygen atoms in total. The van der Waals surface area contributed by atoms with Gasteiger partial charge in [0.25, 0.3) is 0 Å². The van der Waals surface area contributed by atoms with E-state index in [4.69, 9.17) is 4.98 Å². The van der Waals surface area contributed by atoms with E-state index < -0.39 is 0 Å². The first-order valence-corrected chi connectivity index (χ1v) is 11.3. The predicted octanol–water partition coefficient (Wildman–Crippen LogP) is 3.27. The summed E-state index contributed by atoms with van der Waals surface area (Å²) in [5, 5.41) is 3.32. The van der Waals surface area contributed by atoms with Crippen molar-refractivity contribution >= 4 is 22.4 Å². The molecule has 0 saturated carbocycles. The third kappa shape index (κ3) is 4.92. The summed E-state index contributed by atoms with van der Waals surface area (Å²) in [5.41, 5.74) is 2.28. The molecule has 0 aliphatic carbocycles. The summed E-state index contributed by atoms with van der Waals surface area (Å²) in [6.07, 6.45) is 3.10. The molecule has 2 aromatic rings. The lowest BCUT2D eigenvalue weighted by molar-refractivity contribution is -0.130. The van der Waals surface area contributed by atoms with E-state index in [1.54, 1.807) is 11.3 Å². The number of amides is 1. The van der Waals surface area contributed by atoms with Gasteiger partial charge in [0, 0.05) is 38.1 Å². The zero-order chi connectivity index (χ0) is 19.3. The Bertz CT molecular complexity index is 762. The van der Waals surface area contributed by atoms with E-state index in [1.807, 2.05) is 35.2 Å². The standard InChI is InChI=1S/C22H30N4OS/c1-18-7-9-24(10-8-18)16-20-17-28-22(23-20)26-13-11-25(12-14-26)21(27)15-19-5-3-2-4-6-19/h2-6,17-18H,7-16H2,1H3. The van der Waals surface area contributed by atoms with Crippen LogP contribution in [0.5, 0.6) is 0 Å². The normalized spacial score (nSPS) is 19.2. The number of piperidine rings is 1. The first kappa shape index (κ1) is 19.4. The van der Waals surface area contributed by atoms with Crippen molar-refractivity contribution in [2.75, 3.05) is 44.2 Å². The number of benzene rings is 1. The molecule has 1 amide bonds. The van der Waals surface area contributed by atoms with Crippen molar-refractivity contribution in [1.29, 1.82) is 0 Å². The summed E-state index contributed by atoms with van der Waals surface area (Å²) < 4.78 is 0. The molecule has 0 unspecified atom stereocenters. The molecule has 4 rings (SSSR count). The number of rotatable bonds is 5. The van der Waals surface area contributed by atoms with Gasteiger partial charge < -0.3 is 9.80 Å². The van der Waals surface area contributed by atoms with Gasteiger partial charge in [-0.25, -0.2) is 4.98 Å². The minimum atomic E-state index is 0.227. The van der Waals surface area contributed by atoms with Gasteiger partial charge in [0.05, 0.1) is 12.1 Å². The van der Waals surface area contributed by atoms with E-state index in [0.29, 0.717) is 6.42 Å². The van der Waals surface area contributed by atoms with Crippen LogP contribution in [0.15, 0.2) is 35.7 Å². The molecule has 2 aliphatic heterocycles. The van der Waals surface area contributed by atoms with Gasteiger partial charge in [0.1, 0.15) is 0 Å². The van der Waals surface area contributed by atoms with Gasteiger partial charge in [-0.05, 0) is 37.4 Å². The quantitative estimate of drug-likeness (QED) is 0.775. The zero-order valence-electron chi connectivity index (χ0n) is 16.7. The number of aromatic nitrogens is 1. The van der Waals surface area contributed by atoms with E-state index in [1.165, 1.54) is 31.6 Å². The highest BCUT2D eigenvalue weighted by molar-refractivity contribution is 7.13. The molecule has 1 aromatic heterocycles. The van der Waals surface area contributed by atoms with Crippen molar-refractivity contribution in [3.63, 3.8) is 0 Å². The van der Waals surface area contributed by atoms with E-state index in [9.17, 15) is 4.79 Å². The van der Waals surface area contributed by atoms with Crippen LogP contribution in [0.3, 0.4) is 0 Å². The van der Waals surface area contributed by atoms with Crippen molar-refractivity contribution in [3.05, 3.63) is 47.0 Å². The van der Waals surface area contributed by atoms with Crippen LogP contribution < -0.4 is 4.90 Å². The molecule has 0 radical (unpaired) electrons. The highest BCUT2D eigenvalue weighted by Gasteiger charge is 2.23. The zero-order valence-corrected chi connectivity index (χ0v) is 17.5. The van der Waals surface area contributed by atoms with Crippen LogP contribution in [0.1, 0.15) is 31.0 Å². The Kier molecular flexibility index (Phi) is 6.27. The SMILES string of the molecule is CC1CCN(Cc2csc(N3CCN(C(=O)Cc4ccccc4)CC3)n2)CC1. The van der Waals surface area contributed by atoms with Crippen LogP contribution in [-0.2, 0) is 17.8 Å². The fourth-order valence-corrected chi connectivity index (χ4v) is 4.86. The number of piperazine rings is 1. The van der Waals surface area contributed by atoms with Gasteiger partial charge in [-0.15, -0.1) is 11.3 Å². The average molecular weight is 399 g/mol. The van der Waals surface area contributed by atoms with Crippen molar-refractivity contribution in [2.24, 2.45) is 5.92 Å². The number of carbonyl (C=O) groups excluding carboxylic acids is 1. The average Bonchev–Trinajstić information content (AvgIpc) is 3.19. The Morgan fingerprint density at radius 1 is 1.07 bits per heavy atom. The third-order valence-electron chi connectivity index (χ3n) is 5.90. The van der Waals surface area contributed by atoms with Gasteiger partial charge in [0.15, 0.2) is 5.13 Å². The van der Waals surface area contributed by atoms with Crippen LogP contribution in [0, 0.1) is 5.92 Å². The Morgan fingerprint density at radius 2 is 1.79 bits per heavy atom. The molecule has 0 N–H and O–H groups in total. The minimum absolute atomic E-state index is 0.227.